The summed E-state index contributed by atoms with van der Waals surface area (Å²) in [5.41, 5.74) is 5.12. The van der Waals surface area contributed by atoms with E-state index in [1.807, 2.05) is 39.1 Å². The molecule has 1 aliphatic carbocycles. The van der Waals surface area contributed by atoms with E-state index in [1.54, 1.807) is 4.68 Å². The van der Waals surface area contributed by atoms with Crippen LogP contribution in [0, 0.1) is 13.8 Å². The minimum Gasteiger partial charge on any atom is -0.308 e. The number of nitrogens with one attached hydrogen (secondary N) is 2. The van der Waals surface area contributed by atoms with Crippen LogP contribution in [0.3, 0.4) is 0 Å². The fraction of sp³-hybridized carbons (Fsp3) is 0.368. The molecule has 0 spiro atoms. The summed E-state index contributed by atoms with van der Waals surface area (Å²) >= 11 is 3.47. The highest BCUT2D eigenvalue weighted by Gasteiger charge is 2.20. The first-order valence-electron chi connectivity index (χ1n) is 8.53. The highest BCUT2D eigenvalue weighted by molar-refractivity contribution is 9.10. The van der Waals surface area contributed by atoms with Crippen LogP contribution in [0.25, 0.3) is 5.57 Å². The third kappa shape index (κ3) is 3.95. The van der Waals surface area contributed by atoms with Crippen LogP contribution in [0.15, 0.2) is 28.7 Å². The molecule has 2 amide bonds. The quantitative estimate of drug-likeness (QED) is 0.721. The average Bonchev–Trinajstić information content (AvgIpc) is 2.85. The molecule has 0 aliphatic heterocycles. The molecule has 6 heteroatoms. The molecule has 0 saturated heterocycles. The second-order valence-corrected chi connectivity index (χ2v) is 7.31. The second kappa shape index (κ2) is 7.44. The van der Waals surface area contributed by atoms with Gasteiger partial charge < -0.3 is 5.32 Å². The maximum Gasteiger partial charge on any atom is 0.324 e. The van der Waals surface area contributed by atoms with Gasteiger partial charge in [-0.2, -0.15) is 5.10 Å². The molecule has 132 valence electrons. The molecule has 2 N–H and O–H groups in total. The van der Waals surface area contributed by atoms with E-state index < -0.39 is 0 Å². The molecule has 1 heterocycles. The van der Waals surface area contributed by atoms with Crippen molar-refractivity contribution in [1.82, 2.24) is 9.78 Å². The first-order valence-corrected chi connectivity index (χ1v) is 9.32. The maximum absolute atomic E-state index is 12.5. The van der Waals surface area contributed by atoms with Crippen LogP contribution in [0.5, 0.6) is 0 Å². The number of halogens is 1. The van der Waals surface area contributed by atoms with Crippen molar-refractivity contribution in [2.24, 2.45) is 7.05 Å². The fourth-order valence-corrected chi connectivity index (χ4v) is 3.49. The Bertz CT molecular complexity index is 838. The largest absolute Gasteiger partial charge is 0.324 e. The Morgan fingerprint density at radius 1 is 1.24 bits per heavy atom. The van der Waals surface area contributed by atoms with Crippen LogP contribution in [0.4, 0.5) is 16.3 Å². The molecule has 2 aromatic rings. The van der Waals surface area contributed by atoms with Crippen LogP contribution in [0.1, 0.15) is 42.5 Å². The molecule has 5 nitrogen and oxygen atoms in total. The number of hydrogen-bond donors (Lipinski definition) is 2. The molecule has 0 atom stereocenters. The summed E-state index contributed by atoms with van der Waals surface area (Å²) in [6, 6.07) is 5.47. The number of nitrogens with zero attached hydrogens (tertiary/aromatic N) is 2. The van der Waals surface area contributed by atoms with Gasteiger partial charge in [-0.05, 0) is 68.9 Å². The maximum atomic E-state index is 12.5. The highest BCUT2D eigenvalue weighted by atomic mass is 79.9. The number of anilines is 2. The minimum atomic E-state index is -0.262. The number of carbonyl (C=O) groups is 1. The van der Waals surface area contributed by atoms with Gasteiger partial charge in [0, 0.05) is 22.8 Å². The zero-order chi connectivity index (χ0) is 18.0. The number of carbonyl (C=O) groups excluding carboxylic acids is 1. The summed E-state index contributed by atoms with van der Waals surface area (Å²) in [7, 11) is 1.86. The molecule has 3 rings (SSSR count). The van der Waals surface area contributed by atoms with Gasteiger partial charge in [0.15, 0.2) is 0 Å². The van der Waals surface area contributed by atoms with Crippen molar-refractivity contribution >= 4 is 39.0 Å². The first kappa shape index (κ1) is 17.7. The number of aryl methyl sites for hydroxylation is 3. The Labute approximate surface area is 156 Å². The number of rotatable bonds is 3. The van der Waals surface area contributed by atoms with E-state index >= 15 is 0 Å². The summed E-state index contributed by atoms with van der Waals surface area (Å²) in [5, 5.41) is 10.4. The van der Waals surface area contributed by atoms with Crippen LogP contribution in [-0.4, -0.2) is 15.8 Å². The van der Waals surface area contributed by atoms with Crippen molar-refractivity contribution < 1.29 is 4.79 Å². The van der Waals surface area contributed by atoms with Crippen LogP contribution < -0.4 is 10.6 Å². The number of aromatic nitrogens is 2. The number of amides is 2. The monoisotopic (exact) mass is 402 g/mol. The Morgan fingerprint density at radius 2 is 2.04 bits per heavy atom. The van der Waals surface area contributed by atoms with E-state index in [-0.39, 0.29) is 6.03 Å². The molecule has 0 unspecified atom stereocenters. The Hall–Kier alpha value is -2.08. The number of benzene rings is 1. The van der Waals surface area contributed by atoms with Crippen molar-refractivity contribution in [3.63, 3.8) is 0 Å². The fourth-order valence-electron chi connectivity index (χ4n) is 3.24. The Morgan fingerprint density at radius 3 is 2.72 bits per heavy atom. The molecule has 1 aromatic heterocycles. The summed E-state index contributed by atoms with van der Waals surface area (Å²) in [5.74, 6) is 0.747. The zero-order valence-corrected chi connectivity index (χ0v) is 16.4. The van der Waals surface area contributed by atoms with Gasteiger partial charge >= 0.3 is 6.03 Å². The molecule has 0 bridgehead atoms. The number of allylic oxidation sites excluding steroid dienone is 2. The number of urea groups is 1. The summed E-state index contributed by atoms with van der Waals surface area (Å²) in [4.78, 5) is 12.5. The topological polar surface area (TPSA) is 59.0 Å². The Kier molecular flexibility index (Phi) is 5.27. The minimum absolute atomic E-state index is 0.262. The van der Waals surface area contributed by atoms with Gasteiger partial charge in [-0.25, -0.2) is 4.79 Å². The first-order chi connectivity index (χ1) is 12.0. The van der Waals surface area contributed by atoms with E-state index in [0.29, 0.717) is 0 Å². The van der Waals surface area contributed by atoms with E-state index in [2.05, 4.69) is 37.7 Å². The zero-order valence-electron chi connectivity index (χ0n) is 14.8. The van der Waals surface area contributed by atoms with Crippen molar-refractivity contribution in [3.05, 3.63) is 45.6 Å². The standard InChI is InChI=1S/C19H23BrN4O/c1-12-11-15(9-10-16(12)20)21-19(25)22-18-17(13(2)23-24(18)3)14-7-5-4-6-8-14/h7,9-11H,4-6,8H2,1-3H3,(H2,21,22,25). The lowest BCUT2D eigenvalue weighted by Gasteiger charge is -2.15. The van der Waals surface area contributed by atoms with Gasteiger partial charge in [-0.3, -0.25) is 10.00 Å². The van der Waals surface area contributed by atoms with Gasteiger partial charge in [0.2, 0.25) is 0 Å². The lowest BCUT2D eigenvalue weighted by molar-refractivity contribution is 0.262. The molecule has 1 aliphatic rings. The Balaban J connectivity index is 1.81. The van der Waals surface area contributed by atoms with E-state index in [1.165, 1.54) is 18.4 Å². The van der Waals surface area contributed by atoms with Gasteiger partial charge in [0.1, 0.15) is 5.82 Å². The number of hydrogen-bond acceptors (Lipinski definition) is 2. The highest BCUT2D eigenvalue weighted by Crippen LogP contribution is 2.33. The summed E-state index contributed by atoms with van der Waals surface area (Å²) < 4.78 is 2.76. The molecule has 1 aromatic carbocycles. The summed E-state index contributed by atoms with van der Waals surface area (Å²) in [6.07, 6.45) is 6.82. The van der Waals surface area contributed by atoms with Gasteiger partial charge in [-0.1, -0.05) is 22.0 Å². The van der Waals surface area contributed by atoms with Crippen molar-refractivity contribution in [2.45, 2.75) is 39.5 Å². The lowest BCUT2D eigenvalue weighted by Crippen LogP contribution is -2.22. The van der Waals surface area contributed by atoms with Gasteiger partial charge in [0.05, 0.1) is 5.69 Å². The molecular weight excluding hydrogens is 380 g/mol. The van der Waals surface area contributed by atoms with Crippen LogP contribution in [-0.2, 0) is 7.05 Å². The van der Waals surface area contributed by atoms with Crippen LogP contribution in [0.2, 0.25) is 0 Å². The normalized spacial score (nSPS) is 14.2. The molecule has 0 radical (unpaired) electrons. The average molecular weight is 403 g/mol. The third-order valence-corrected chi connectivity index (χ3v) is 5.37. The predicted molar refractivity (Wildman–Crippen MR) is 106 cm³/mol. The van der Waals surface area contributed by atoms with Gasteiger partial charge in [-0.15, -0.1) is 0 Å². The third-order valence-electron chi connectivity index (χ3n) is 4.48. The van der Waals surface area contributed by atoms with E-state index in [0.717, 1.165) is 45.6 Å². The second-order valence-electron chi connectivity index (χ2n) is 6.45. The van der Waals surface area contributed by atoms with Crippen molar-refractivity contribution in [3.8, 4) is 0 Å². The molecule has 0 fully saturated rings. The SMILES string of the molecule is Cc1cc(NC(=O)Nc2c(C3=CCCCC3)c(C)nn2C)ccc1Br. The van der Waals surface area contributed by atoms with Gasteiger partial charge in [0.25, 0.3) is 0 Å². The molecule has 0 saturated carbocycles. The predicted octanol–water partition coefficient (Wildman–Crippen LogP) is 5.40. The van der Waals surface area contributed by atoms with Crippen molar-refractivity contribution in [2.75, 3.05) is 10.6 Å². The smallest absolute Gasteiger partial charge is 0.308 e. The molecule has 25 heavy (non-hydrogen) atoms. The molecular formula is C19H23BrN4O. The van der Waals surface area contributed by atoms with Crippen LogP contribution >= 0.6 is 15.9 Å². The summed E-state index contributed by atoms with van der Waals surface area (Å²) in [6.45, 7) is 3.98. The van der Waals surface area contributed by atoms with E-state index in [9.17, 15) is 4.79 Å². The van der Waals surface area contributed by atoms with E-state index in [4.69, 9.17) is 0 Å². The van der Waals surface area contributed by atoms with Crippen molar-refractivity contribution in [1.29, 1.82) is 0 Å². The lowest BCUT2D eigenvalue weighted by atomic mass is 9.93.